The van der Waals surface area contributed by atoms with Crippen molar-refractivity contribution in [2.45, 2.75) is 71.3 Å². The van der Waals surface area contributed by atoms with Crippen LogP contribution in [0.5, 0.6) is 0 Å². The minimum atomic E-state index is -1.30. The minimum Gasteiger partial charge on any atom is -0.456 e. The van der Waals surface area contributed by atoms with Gasteiger partial charge in [-0.2, -0.15) is 0 Å². The molecule has 8 nitrogen and oxygen atoms in total. The number of ether oxygens (including phenoxy) is 6. The zero-order valence-corrected chi connectivity index (χ0v) is 13.4. The molecule has 126 valence electrons. The summed E-state index contributed by atoms with van der Waals surface area (Å²) in [6, 6.07) is 0. The lowest BCUT2D eigenvalue weighted by Crippen LogP contribution is -2.58. The molecule has 0 saturated carbocycles. The van der Waals surface area contributed by atoms with Gasteiger partial charge in [-0.15, -0.1) is 0 Å². The van der Waals surface area contributed by atoms with Gasteiger partial charge in [-0.1, -0.05) is 0 Å². The van der Waals surface area contributed by atoms with Gasteiger partial charge >= 0.3 is 11.9 Å². The number of carbonyl (C=O) groups is 2. The van der Waals surface area contributed by atoms with Crippen molar-refractivity contribution in [2.75, 3.05) is 6.61 Å². The Balaban J connectivity index is 2.23. The van der Waals surface area contributed by atoms with Crippen molar-refractivity contribution in [3.8, 4) is 0 Å². The lowest BCUT2D eigenvalue weighted by atomic mass is 9.99. The maximum atomic E-state index is 11.4. The van der Waals surface area contributed by atoms with Gasteiger partial charge in [-0.25, -0.2) is 0 Å². The van der Waals surface area contributed by atoms with E-state index < -0.39 is 48.6 Å². The van der Waals surface area contributed by atoms with E-state index in [1.807, 2.05) is 0 Å². The maximum Gasteiger partial charge on any atom is 0.303 e. The van der Waals surface area contributed by atoms with Crippen molar-refractivity contribution in [3.05, 3.63) is 0 Å². The highest BCUT2D eigenvalue weighted by molar-refractivity contribution is 5.67. The van der Waals surface area contributed by atoms with Crippen molar-refractivity contribution in [2.24, 2.45) is 0 Å². The molecule has 0 amide bonds. The molecule has 2 rings (SSSR count). The monoisotopic (exact) mass is 318 g/mol. The fraction of sp³-hybridized carbons (Fsp3) is 0.857. The molecule has 0 bridgehead atoms. The summed E-state index contributed by atoms with van der Waals surface area (Å²) in [5.74, 6) is -2.31. The highest BCUT2D eigenvalue weighted by Gasteiger charge is 2.58. The third-order valence-corrected chi connectivity index (χ3v) is 3.42. The summed E-state index contributed by atoms with van der Waals surface area (Å²) in [5.41, 5.74) is 0. The molecule has 0 N–H and O–H groups in total. The average Bonchev–Trinajstić information content (AvgIpc) is 2.69. The number of hydrogen-bond donors (Lipinski definition) is 0. The van der Waals surface area contributed by atoms with Gasteiger partial charge in [-0.3, -0.25) is 14.3 Å². The Morgan fingerprint density at radius 3 is 2.23 bits per heavy atom. The smallest absolute Gasteiger partial charge is 0.303 e. The van der Waals surface area contributed by atoms with E-state index in [-0.39, 0.29) is 0 Å². The van der Waals surface area contributed by atoms with Crippen LogP contribution in [0.15, 0.2) is 0 Å². The molecular formula is C14H22O8. The highest BCUT2D eigenvalue weighted by Crippen LogP contribution is 2.39. The fourth-order valence-electron chi connectivity index (χ4n) is 2.69. The van der Waals surface area contributed by atoms with Crippen LogP contribution in [-0.4, -0.2) is 55.2 Å². The number of hydrogen-bond acceptors (Lipinski definition) is 8. The summed E-state index contributed by atoms with van der Waals surface area (Å²) in [7, 11) is 0. The third kappa shape index (κ3) is 3.57. The van der Waals surface area contributed by atoms with Gasteiger partial charge in [0.2, 0.25) is 0 Å². The van der Waals surface area contributed by atoms with E-state index in [0.29, 0.717) is 6.61 Å². The molecule has 22 heavy (non-hydrogen) atoms. The van der Waals surface area contributed by atoms with Crippen molar-refractivity contribution in [1.29, 1.82) is 0 Å². The Hall–Kier alpha value is -1.22. The second-order valence-corrected chi connectivity index (χ2v) is 5.35. The summed E-state index contributed by atoms with van der Waals surface area (Å²) in [6.45, 7) is 8.04. The van der Waals surface area contributed by atoms with Gasteiger partial charge in [-0.05, 0) is 13.8 Å². The Labute approximate surface area is 128 Å². The Bertz CT molecular complexity index is 439. The number of rotatable bonds is 4. The Morgan fingerprint density at radius 2 is 1.68 bits per heavy atom. The molecule has 6 atom stereocenters. The summed E-state index contributed by atoms with van der Waals surface area (Å²) in [6.07, 6.45) is -3.67. The molecule has 8 heteroatoms. The van der Waals surface area contributed by atoms with Gasteiger partial charge in [0.25, 0.3) is 5.97 Å². The molecule has 0 aromatic rings. The second-order valence-electron chi connectivity index (χ2n) is 5.35. The summed E-state index contributed by atoms with van der Waals surface area (Å²) in [4.78, 5) is 22.7. The van der Waals surface area contributed by atoms with Crippen LogP contribution in [0, 0.1) is 0 Å². The normalized spacial score (nSPS) is 40.9. The molecule has 2 saturated heterocycles. The van der Waals surface area contributed by atoms with E-state index in [1.165, 1.54) is 13.8 Å². The molecule has 2 heterocycles. The average molecular weight is 318 g/mol. The summed E-state index contributed by atoms with van der Waals surface area (Å²) < 4.78 is 33.0. The Kier molecular flexibility index (Phi) is 5.06. The van der Waals surface area contributed by atoms with E-state index in [2.05, 4.69) is 0 Å². The molecule has 2 fully saturated rings. The molecule has 0 aromatic heterocycles. The van der Waals surface area contributed by atoms with Gasteiger partial charge in [0.15, 0.2) is 24.6 Å². The van der Waals surface area contributed by atoms with Crippen LogP contribution in [-0.2, 0) is 38.0 Å². The van der Waals surface area contributed by atoms with E-state index in [9.17, 15) is 9.59 Å². The van der Waals surface area contributed by atoms with E-state index >= 15 is 0 Å². The molecule has 0 spiro atoms. The first kappa shape index (κ1) is 17.1. The lowest BCUT2D eigenvalue weighted by molar-refractivity contribution is -0.341. The zero-order chi connectivity index (χ0) is 16.5. The van der Waals surface area contributed by atoms with E-state index in [4.69, 9.17) is 28.4 Å². The van der Waals surface area contributed by atoms with Crippen molar-refractivity contribution in [1.82, 2.24) is 0 Å². The lowest BCUT2D eigenvalue weighted by Gasteiger charge is -2.39. The third-order valence-electron chi connectivity index (χ3n) is 3.42. The summed E-state index contributed by atoms with van der Waals surface area (Å²) >= 11 is 0. The molecule has 2 aliphatic heterocycles. The van der Waals surface area contributed by atoms with Crippen LogP contribution in [0.1, 0.15) is 34.6 Å². The van der Waals surface area contributed by atoms with Crippen LogP contribution < -0.4 is 0 Å². The van der Waals surface area contributed by atoms with Gasteiger partial charge in [0.05, 0.1) is 6.10 Å². The molecule has 1 unspecified atom stereocenters. The van der Waals surface area contributed by atoms with Crippen LogP contribution >= 0.6 is 0 Å². The van der Waals surface area contributed by atoms with Crippen LogP contribution in [0.2, 0.25) is 0 Å². The first-order valence-electron chi connectivity index (χ1n) is 7.25. The molecule has 0 aromatic carbocycles. The van der Waals surface area contributed by atoms with Crippen molar-refractivity contribution >= 4 is 11.9 Å². The molecular weight excluding hydrogens is 296 g/mol. The quantitative estimate of drug-likeness (QED) is 0.701. The Morgan fingerprint density at radius 1 is 1.09 bits per heavy atom. The predicted molar refractivity (Wildman–Crippen MR) is 71.4 cm³/mol. The van der Waals surface area contributed by atoms with Gasteiger partial charge in [0.1, 0.15) is 0 Å². The highest BCUT2D eigenvalue weighted by atomic mass is 16.9. The van der Waals surface area contributed by atoms with E-state index in [0.717, 1.165) is 0 Å². The van der Waals surface area contributed by atoms with Crippen LogP contribution in [0.3, 0.4) is 0 Å². The predicted octanol–water partition coefficient (Wildman–Crippen LogP) is 0.720. The van der Waals surface area contributed by atoms with Crippen LogP contribution in [0.4, 0.5) is 0 Å². The zero-order valence-electron chi connectivity index (χ0n) is 13.4. The van der Waals surface area contributed by atoms with Gasteiger partial charge < -0.3 is 23.7 Å². The number of fused-ring (bicyclic) bond motifs is 1. The molecule has 0 aliphatic carbocycles. The largest absolute Gasteiger partial charge is 0.456 e. The SMILES string of the molecule is CCOC1(C)O[C@@H]2O[C@@H](C)[C@H](OC(C)=O)[C@@H](OC(C)=O)[C@@H]2O1. The first-order valence-corrected chi connectivity index (χ1v) is 7.25. The number of carbonyl (C=O) groups excluding carboxylic acids is 2. The maximum absolute atomic E-state index is 11.4. The van der Waals surface area contributed by atoms with Crippen LogP contribution in [0.25, 0.3) is 0 Å². The number of esters is 2. The molecule has 2 aliphatic rings. The standard InChI is InChI=1S/C14H22O8/c1-6-17-14(5)21-12-11(20-9(4)16)10(19-8(3)15)7(2)18-13(12)22-14/h7,10-13H,6H2,1-5H3/t7-,10-,11+,12-,13-,14?/m0/s1. The first-order chi connectivity index (χ1) is 10.3. The second kappa shape index (κ2) is 6.49. The fourth-order valence-corrected chi connectivity index (χ4v) is 2.69. The summed E-state index contributed by atoms with van der Waals surface area (Å²) in [5, 5.41) is 0. The molecule has 0 radical (unpaired) electrons. The minimum absolute atomic E-state index is 0.372. The van der Waals surface area contributed by atoms with E-state index in [1.54, 1.807) is 20.8 Å². The van der Waals surface area contributed by atoms with Crippen molar-refractivity contribution < 1.29 is 38.0 Å². The topological polar surface area (TPSA) is 89.5 Å². The van der Waals surface area contributed by atoms with Crippen molar-refractivity contribution in [3.63, 3.8) is 0 Å². The van der Waals surface area contributed by atoms with Gasteiger partial charge in [0, 0.05) is 27.4 Å².